The van der Waals surface area contributed by atoms with Crippen molar-refractivity contribution in [1.82, 2.24) is 10.2 Å². The molecule has 0 saturated carbocycles. The number of halogens is 1. The highest BCUT2D eigenvalue weighted by Crippen LogP contribution is 2.12. The largest absolute Gasteiger partial charge is 0.313 e. The lowest BCUT2D eigenvalue weighted by molar-refractivity contribution is 0.212. The molecule has 2 nitrogen and oxygen atoms in total. The lowest BCUT2D eigenvalue weighted by Gasteiger charge is -2.31. The summed E-state index contributed by atoms with van der Waals surface area (Å²) in [5, 5.41) is 3.58. The Bertz CT molecular complexity index is 388. The Labute approximate surface area is 116 Å². The summed E-state index contributed by atoms with van der Waals surface area (Å²) in [5.74, 6) is -0.138. The van der Waals surface area contributed by atoms with Crippen LogP contribution in [-0.2, 0) is 6.42 Å². The fourth-order valence-electron chi connectivity index (χ4n) is 2.77. The van der Waals surface area contributed by atoms with Crippen LogP contribution in [0.25, 0.3) is 0 Å². The molecule has 0 amide bonds. The zero-order valence-electron chi connectivity index (χ0n) is 12.0. The topological polar surface area (TPSA) is 15.3 Å². The molecule has 0 radical (unpaired) electrons. The Morgan fingerprint density at radius 2 is 2.26 bits per heavy atom. The van der Waals surface area contributed by atoms with Gasteiger partial charge >= 0.3 is 0 Å². The third kappa shape index (κ3) is 4.59. The zero-order chi connectivity index (χ0) is 13.7. The maximum Gasteiger partial charge on any atom is 0.123 e. The van der Waals surface area contributed by atoms with Crippen molar-refractivity contribution in [2.75, 3.05) is 20.1 Å². The molecule has 1 saturated heterocycles. The van der Waals surface area contributed by atoms with Crippen LogP contribution in [0.2, 0.25) is 0 Å². The van der Waals surface area contributed by atoms with Gasteiger partial charge in [0.25, 0.3) is 0 Å². The van der Waals surface area contributed by atoms with Gasteiger partial charge in [0.05, 0.1) is 0 Å². The van der Waals surface area contributed by atoms with Gasteiger partial charge in [-0.05, 0) is 57.5 Å². The average molecular weight is 264 g/mol. The summed E-state index contributed by atoms with van der Waals surface area (Å²) in [6, 6.07) is 8.00. The highest BCUT2D eigenvalue weighted by Gasteiger charge is 2.17. The fourth-order valence-corrected chi connectivity index (χ4v) is 2.77. The molecule has 19 heavy (non-hydrogen) atoms. The molecule has 1 heterocycles. The van der Waals surface area contributed by atoms with Crippen molar-refractivity contribution < 1.29 is 4.39 Å². The molecule has 0 spiro atoms. The summed E-state index contributed by atoms with van der Waals surface area (Å²) in [5.41, 5.74) is 1.08. The first kappa shape index (κ1) is 14.5. The van der Waals surface area contributed by atoms with Crippen molar-refractivity contribution in [3.8, 4) is 0 Å². The quantitative estimate of drug-likeness (QED) is 0.880. The van der Waals surface area contributed by atoms with Crippen LogP contribution in [0.15, 0.2) is 24.3 Å². The van der Waals surface area contributed by atoms with Crippen molar-refractivity contribution in [2.24, 2.45) is 0 Å². The fraction of sp³-hybridized carbons (Fsp3) is 0.625. The molecule has 2 atom stereocenters. The minimum atomic E-state index is -0.138. The molecule has 3 heteroatoms. The van der Waals surface area contributed by atoms with Crippen molar-refractivity contribution >= 4 is 0 Å². The van der Waals surface area contributed by atoms with E-state index >= 15 is 0 Å². The first-order valence-corrected chi connectivity index (χ1v) is 7.33. The highest BCUT2D eigenvalue weighted by molar-refractivity contribution is 5.17. The van der Waals surface area contributed by atoms with E-state index < -0.39 is 0 Å². The maximum absolute atomic E-state index is 13.2. The lowest BCUT2D eigenvalue weighted by Crippen LogP contribution is -2.45. The van der Waals surface area contributed by atoms with E-state index in [-0.39, 0.29) is 5.82 Å². The number of piperidine rings is 1. The third-order valence-electron chi connectivity index (χ3n) is 4.09. The minimum Gasteiger partial charge on any atom is -0.313 e. The van der Waals surface area contributed by atoms with E-state index in [9.17, 15) is 4.39 Å². The van der Waals surface area contributed by atoms with Gasteiger partial charge in [0.2, 0.25) is 0 Å². The molecular formula is C16H25FN2. The molecule has 2 unspecified atom stereocenters. The minimum absolute atomic E-state index is 0.138. The normalized spacial score (nSPS) is 21.6. The Kier molecular flexibility index (Phi) is 5.34. The molecule has 0 bridgehead atoms. The number of benzene rings is 1. The second-order valence-corrected chi connectivity index (χ2v) is 5.77. The Hall–Kier alpha value is -0.930. The molecule has 1 N–H and O–H groups in total. The van der Waals surface area contributed by atoms with Crippen LogP contribution < -0.4 is 5.32 Å². The van der Waals surface area contributed by atoms with Gasteiger partial charge in [0.1, 0.15) is 5.82 Å². The van der Waals surface area contributed by atoms with Gasteiger partial charge in [0, 0.05) is 18.6 Å². The first-order valence-electron chi connectivity index (χ1n) is 7.33. The molecule has 1 aliphatic heterocycles. The van der Waals surface area contributed by atoms with Gasteiger partial charge in [-0.1, -0.05) is 18.6 Å². The van der Waals surface area contributed by atoms with Gasteiger partial charge in [-0.2, -0.15) is 0 Å². The summed E-state index contributed by atoms with van der Waals surface area (Å²) in [6.07, 6.45) is 4.82. The van der Waals surface area contributed by atoms with E-state index in [4.69, 9.17) is 0 Å². The van der Waals surface area contributed by atoms with Crippen LogP contribution in [0.5, 0.6) is 0 Å². The van der Waals surface area contributed by atoms with E-state index in [1.165, 1.54) is 25.3 Å². The van der Waals surface area contributed by atoms with Crippen LogP contribution in [0.3, 0.4) is 0 Å². The van der Waals surface area contributed by atoms with E-state index in [0.717, 1.165) is 25.1 Å². The number of likely N-dealkylation sites (N-methyl/N-ethyl adjacent to an activating group) is 1. The molecule has 1 fully saturated rings. The van der Waals surface area contributed by atoms with Gasteiger partial charge in [-0.3, -0.25) is 0 Å². The van der Waals surface area contributed by atoms with Crippen molar-refractivity contribution in [3.63, 3.8) is 0 Å². The number of hydrogen-bond donors (Lipinski definition) is 1. The second-order valence-electron chi connectivity index (χ2n) is 5.77. The second kappa shape index (κ2) is 7.01. The SMILES string of the molecule is CC(Cc1cccc(F)c1)N(C)CC1CCCCN1. The van der Waals surface area contributed by atoms with Crippen molar-refractivity contribution in [3.05, 3.63) is 35.6 Å². The third-order valence-corrected chi connectivity index (χ3v) is 4.09. The van der Waals surface area contributed by atoms with E-state index in [1.54, 1.807) is 12.1 Å². The van der Waals surface area contributed by atoms with E-state index in [1.807, 2.05) is 6.07 Å². The number of nitrogens with one attached hydrogen (secondary N) is 1. The van der Waals surface area contributed by atoms with Crippen LogP contribution in [0.4, 0.5) is 4.39 Å². The van der Waals surface area contributed by atoms with Crippen LogP contribution in [0.1, 0.15) is 31.7 Å². The predicted octanol–water partition coefficient (Wildman–Crippen LogP) is 2.83. The molecule has 0 aromatic heterocycles. The van der Waals surface area contributed by atoms with Crippen LogP contribution in [-0.4, -0.2) is 37.1 Å². The van der Waals surface area contributed by atoms with Crippen LogP contribution in [0, 0.1) is 5.82 Å². The first-order chi connectivity index (χ1) is 9.15. The Balaban J connectivity index is 1.82. The van der Waals surface area contributed by atoms with Gasteiger partial charge < -0.3 is 10.2 Å². The Morgan fingerprint density at radius 1 is 1.42 bits per heavy atom. The molecular weight excluding hydrogens is 239 g/mol. The summed E-state index contributed by atoms with van der Waals surface area (Å²) < 4.78 is 13.2. The maximum atomic E-state index is 13.2. The highest BCUT2D eigenvalue weighted by atomic mass is 19.1. The standard InChI is InChI=1S/C16H25FN2/c1-13(10-14-6-5-7-15(17)11-14)19(2)12-16-8-3-4-9-18-16/h5-7,11,13,16,18H,3-4,8-10,12H2,1-2H3. The van der Waals surface area contributed by atoms with E-state index in [0.29, 0.717) is 12.1 Å². The van der Waals surface area contributed by atoms with Gasteiger partial charge in [0.15, 0.2) is 0 Å². The molecule has 1 aliphatic rings. The molecule has 1 aromatic carbocycles. The molecule has 2 rings (SSSR count). The van der Waals surface area contributed by atoms with Crippen LogP contribution >= 0.6 is 0 Å². The number of rotatable bonds is 5. The van der Waals surface area contributed by atoms with Crippen molar-refractivity contribution in [2.45, 2.75) is 44.7 Å². The summed E-state index contributed by atoms with van der Waals surface area (Å²) >= 11 is 0. The van der Waals surface area contributed by atoms with Gasteiger partial charge in [-0.25, -0.2) is 4.39 Å². The van der Waals surface area contributed by atoms with E-state index in [2.05, 4.69) is 24.2 Å². The number of nitrogens with zero attached hydrogens (tertiary/aromatic N) is 1. The monoisotopic (exact) mass is 264 g/mol. The smallest absolute Gasteiger partial charge is 0.123 e. The summed E-state index contributed by atoms with van der Waals surface area (Å²) in [7, 11) is 2.17. The molecule has 0 aliphatic carbocycles. The summed E-state index contributed by atoms with van der Waals surface area (Å²) in [6.45, 7) is 4.45. The Morgan fingerprint density at radius 3 is 2.95 bits per heavy atom. The molecule has 1 aromatic rings. The predicted molar refractivity (Wildman–Crippen MR) is 77.8 cm³/mol. The van der Waals surface area contributed by atoms with Crippen molar-refractivity contribution in [1.29, 1.82) is 0 Å². The molecule has 106 valence electrons. The summed E-state index contributed by atoms with van der Waals surface area (Å²) in [4.78, 5) is 2.38. The van der Waals surface area contributed by atoms with Gasteiger partial charge in [-0.15, -0.1) is 0 Å². The zero-order valence-corrected chi connectivity index (χ0v) is 12.0. The number of hydrogen-bond acceptors (Lipinski definition) is 2. The average Bonchev–Trinajstić information content (AvgIpc) is 2.40. The lowest BCUT2D eigenvalue weighted by atomic mass is 10.0.